The van der Waals surface area contributed by atoms with Gasteiger partial charge in [-0.05, 0) is 62.3 Å². The predicted octanol–water partition coefficient (Wildman–Crippen LogP) is 3.91. The Balaban J connectivity index is 0.000000603. The summed E-state index contributed by atoms with van der Waals surface area (Å²) < 4.78 is 0. The van der Waals surface area contributed by atoms with Crippen LogP contribution in [0, 0.1) is 16.9 Å². The number of rotatable bonds is 0. The first-order valence-electron chi connectivity index (χ1n) is 13.5. The molecule has 0 radical (unpaired) electrons. The summed E-state index contributed by atoms with van der Waals surface area (Å²) in [5.74, 6) is 0. The van der Waals surface area contributed by atoms with Crippen molar-refractivity contribution in [3.63, 3.8) is 0 Å². The molecule has 0 aromatic heterocycles. The van der Waals surface area contributed by atoms with Gasteiger partial charge in [0, 0.05) is 5.41 Å². The number of halogens is 2. The van der Waals surface area contributed by atoms with Gasteiger partial charge in [0.05, 0.1) is 0 Å². The van der Waals surface area contributed by atoms with E-state index in [2.05, 4.69) is 106 Å². The zero-order valence-electron chi connectivity index (χ0n) is 25.2. The number of benzene rings is 2. The van der Waals surface area contributed by atoms with Crippen molar-refractivity contribution in [3.8, 4) is 11.1 Å². The maximum atomic E-state index is 3.85. The maximum Gasteiger partial charge on any atom is 4.00 e. The van der Waals surface area contributed by atoms with Gasteiger partial charge in [-0.1, -0.05) is 92.9 Å². The molecule has 0 saturated carbocycles. The molecule has 0 N–H and O–H groups in total. The number of fused-ring (bicyclic) bond motifs is 5. The van der Waals surface area contributed by atoms with Crippen molar-refractivity contribution < 1.29 is 51.0 Å². The van der Waals surface area contributed by atoms with Gasteiger partial charge in [-0.25, -0.2) is 17.7 Å². The van der Waals surface area contributed by atoms with Crippen molar-refractivity contribution in [2.24, 2.45) is 10.8 Å². The average Bonchev–Trinajstić information content (AvgIpc) is 3.51. The normalized spacial score (nSPS) is 17.0. The van der Waals surface area contributed by atoms with Crippen molar-refractivity contribution in [1.82, 2.24) is 0 Å². The van der Waals surface area contributed by atoms with E-state index in [-0.39, 0.29) is 72.7 Å². The molecule has 0 bridgehead atoms. The van der Waals surface area contributed by atoms with E-state index in [0.29, 0.717) is 0 Å². The topological polar surface area (TPSA) is 0 Å². The summed E-state index contributed by atoms with van der Waals surface area (Å²) in [6.45, 7) is 23.3. The largest absolute Gasteiger partial charge is 4.00 e. The van der Waals surface area contributed by atoms with Crippen LogP contribution in [0.1, 0.15) is 103 Å². The third-order valence-electron chi connectivity index (χ3n) is 8.14. The molecule has 0 nitrogen and oxygen atoms in total. The van der Waals surface area contributed by atoms with Gasteiger partial charge in [-0.2, -0.15) is 23.8 Å². The minimum atomic E-state index is -0.0202. The van der Waals surface area contributed by atoms with E-state index < -0.39 is 0 Å². The van der Waals surface area contributed by atoms with Crippen LogP contribution in [0.4, 0.5) is 0 Å². The third-order valence-corrected chi connectivity index (χ3v) is 8.14. The summed E-state index contributed by atoms with van der Waals surface area (Å²) in [7, 11) is 0. The van der Waals surface area contributed by atoms with Gasteiger partial charge < -0.3 is 24.8 Å². The first kappa shape index (κ1) is 33.9. The van der Waals surface area contributed by atoms with Crippen LogP contribution < -0.4 is 24.8 Å². The Morgan fingerprint density at radius 2 is 1.21 bits per heavy atom. The molecular weight excluding hydrogens is 595 g/mol. The molecule has 0 saturated heterocycles. The fourth-order valence-electron chi connectivity index (χ4n) is 6.26. The molecule has 0 unspecified atom stereocenters. The van der Waals surface area contributed by atoms with Crippen LogP contribution in [0.3, 0.4) is 0 Å². The molecule has 204 valence electrons. The van der Waals surface area contributed by atoms with Gasteiger partial charge in [-0.3, -0.25) is 6.08 Å². The summed E-state index contributed by atoms with van der Waals surface area (Å²) in [5.41, 5.74) is 14.9. The number of allylic oxidation sites excluding steroid dienone is 4. The van der Waals surface area contributed by atoms with Gasteiger partial charge in [0.25, 0.3) is 0 Å². The van der Waals surface area contributed by atoms with E-state index in [1.54, 1.807) is 0 Å². The van der Waals surface area contributed by atoms with E-state index in [1.165, 1.54) is 55.7 Å². The van der Waals surface area contributed by atoms with Gasteiger partial charge in [0.15, 0.2) is 0 Å². The average molecular weight is 637 g/mol. The Kier molecular flexibility index (Phi) is 9.74. The summed E-state index contributed by atoms with van der Waals surface area (Å²) in [6, 6.07) is 20.0. The van der Waals surface area contributed by atoms with Crippen LogP contribution in [0.25, 0.3) is 22.3 Å². The van der Waals surface area contributed by atoms with Crippen molar-refractivity contribution >= 4 is 11.1 Å². The smallest absolute Gasteiger partial charge is 1.00 e. The molecule has 39 heavy (non-hydrogen) atoms. The molecule has 3 aliphatic rings. The van der Waals surface area contributed by atoms with Gasteiger partial charge in [0.1, 0.15) is 0 Å². The van der Waals surface area contributed by atoms with Crippen LogP contribution in [0.5, 0.6) is 0 Å². The molecule has 3 aromatic carbocycles. The van der Waals surface area contributed by atoms with E-state index in [4.69, 9.17) is 0 Å². The summed E-state index contributed by atoms with van der Waals surface area (Å²) >= 11 is 0. The van der Waals surface area contributed by atoms with Crippen molar-refractivity contribution in [2.75, 3.05) is 0 Å². The summed E-state index contributed by atoms with van der Waals surface area (Å²) in [4.78, 5) is 0. The van der Waals surface area contributed by atoms with E-state index in [1.807, 2.05) is 30.3 Å². The molecule has 0 spiro atoms. The monoisotopic (exact) mass is 634 g/mol. The van der Waals surface area contributed by atoms with Crippen molar-refractivity contribution in [3.05, 3.63) is 100 Å². The second kappa shape index (κ2) is 11.2. The van der Waals surface area contributed by atoms with Crippen molar-refractivity contribution in [2.45, 2.75) is 86.5 Å². The number of hydrogen-bond donors (Lipinski definition) is 0. The SMILES string of the molecule is CC(C)(C)C1=[C-]C(C)(C)c2cc3c(cc21)-c1cc2c(cc1C3)C(C)(C)C=C2C(C)(C)C.[Cl-].[Cl-].[Zr+4].c1cc[cH-]c1. The Bertz CT molecular complexity index is 1290. The zero-order valence-corrected chi connectivity index (χ0v) is 29.2. The molecule has 0 fully saturated rings. The molecule has 3 aromatic rings. The summed E-state index contributed by atoms with van der Waals surface area (Å²) in [5, 5.41) is 0. The molecule has 0 atom stereocenters. The Hall–Kier alpha value is -1.27. The minimum absolute atomic E-state index is 0. The van der Waals surface area contributed by atoms with Crippen molar-refractivity contribution in [1.29, 1.82) is 0 Å². The quantitative estimate of drug-likeness (QED) is 0.257. The molecule has 0 heterocycles. The predicted molar refractivity (Wildman–Crippen MR) is 156 cm³/mol. The Morgan fingerprint density at radius 3 is 1.67 bits per heavy atom. The minimum Gasteiger partial charge on any atom is -1.00 e. The Labute approximate surface area is 269 Å². The van der Waals surface area contributed by atoms with Gasteiger partial charge >= 0.3 is 26.2 Å². The standard InChI is InChI=1S/C31H37.C5H5.2ClH.Zr/c1-28(2,3)26-16-30(7,8)24-12-18-11-19-13-25-23(15-21(19)20(18)14-22(24)26)27(29(4,5)6)17-31(25,9)10;1-2-4-5-3-1;;;/h12-16H,11H2,1-10H3;1-5H;2*1H;/q2*-1;;;+4/p-2. The maximum absolute atomic E-state index is 3.85. The third kappa shape index (κ3) is 6.03. The second-order valence-electron chi connectivity index (χ2n) is 14.2. The van der Waals surface area contributed by atoms with E-state index in [0.717, 1.165) is 6.42 Å². The van der Waals surface area contributed by atoms with Crippen LogP contribution in [0.15, 0.2) is 60.7 Å². The molecule has 0 amide bonds. The van der Waals surface area contributed by atoms with Gasteiger partial charge in [-0.15, -0.1) is 11.6 Å². The van der Waals surface area contributed by atoms with Crippen LogP contribution in [0.2, 0.25) is 0 Å². The molecular formula is C36H42Cl2Zr. The molecule has 3 heteroatoms. The molecule has 0 aliphatic heterocycles. The summed E-state index contributed by atoms with van der Waals surface area (Å²) in [6.07, 6.45) is 7.41. The van der Waals surface area contributed by atoms with E-state index >= 15 is 0 Å². The van der Waals surface area contributed by atoms with Crippen LogP contribution in [-0.2, 0) is 43.5 Å². The fourth-order valence-corrected chi connectivity index (χ4v) is 6.26. The van der Waals surface area contributed by atoms with Crippen LogP contribution in [-0.4, -0.2) is 0 Å². The molecule has 6 rings (SSSR count). The first-order chi connectivity index (χ1) is 16.6. The second-order valence-corrected chi connectivity index (χ2v) is 14.2. The number of hydrogen-bond acceptors (Lipinski definition) is 0. The van der Waals surface area contributed by atoms with Gasteiger partial charge in [0.2, 0.25) is 0 Å². The fraction of sp³-hybridized carbons (Fsp3) is 0.417. The first-order valence-corrected chi connectivity index (χ1v) is 13.5. The Morgan fingerprint density at radius 1 is 0.692 bits per heavy atom. The zero-order chi connectivity index (χ0) is 26.3. The van der Waals surface area contributed by atoms with Crippen LogP contribution >= 0.6 is 0 Å². The molecule has 3 aliphatic carbocycles. The van der Waals surface area contributed by atoms with E-state index in [9.17, 15) is 0 Å².